The average molecular weight is 527 g/mol. The van der Waals surface area contributed by atoms with Crippen LogP contribution in [0, 0.1) is 11.3 Å². The standard InChI is InChI=1S/C24H20F3N7O4/c1-12(21-32-19(20(35)23(37)34(21)3)22(36)31-16-9-30-38-11-16)18(14-8-29-33(2)10-14)17-5-4-15(24(25,26)27)6-13(17)7-28/h4-6,8-12,18,35H,1-3H3,(H,31,36)/t12-,18+/m0/s1. The lowest BCUT2D eigenvalue weighted by Gasteiger charge is -2.26. The number of nitrogens with one attached hydrogen (secondary N) is 1. The van der Waals surface area contributed by atoms with E-state index in [1.807, 2.05) is 6.07 Å². The fourth-order valence-corrected chi connectivity index (χ4v) is 4.22. The minimum atomic E-state index is -4.66. The molecule has 0 saturated heterocycles. The van der Waals surface area contributed by atoms with Gasteiger partial charge in [-0.2, -0.15) is 23.5 Å². The maximum absolute atomic E-state index is 13.3. The van der Waals surface area contributed by atoms with Gasteiger partial charge in [-0.05, 0) is 23.3 Å². The number of alkyl halides is 3. The first-order valence-electron chi connectivity index (χ1n) is 11.0. The van der Waals surface area contributed by atoms with E-state index in [-0.39, 0.29) is 22.6 Å². The van der Waals surface area contributed by atoms with Crippen molar-refractivity contribution < 1.29 is 27.6 Å². The highest BCUT2D eigenvalue weighted by atomic mass is 19.4. The molecule has 0 aliphatic rings. The number of benzene rings is 1. The number of halogens is 3. The second-order valence-electron chi connectivity index (χ2n) is 8.52. The number of amides is 1. The van der Waals surface area contributed by atoms with Gasteiger partial charge >= 0.3 is 6.18 Å². The maximum Gasteiger partial charge on any atom is 0.416 e. The van der Waals surface area contributed by atoms with E-state index in [1.54, 1.807) is 20.2 Å². The highest BCUT2D eigenvalue weighted by Crippen LogP contribution is 2.40. The lowest BCUT2D eigenvalue weighted by Crippen LogP contribution is -2.29. The van der Waals surface area contributed by atoms with Crippen molar-refractivity contribution in [3.8, 4) is 11.8 Å². The largest absolute Gasteiger partial charge is 0.501 e. The molecule has 38 heavy (non-hydrogen) atoms. The number of carbonyl (C=O) groups is 1. The fraction of sp³-hybridized carbons (Fsp3) is 0.250. The van der Waals surface area contributed by atoms with Crippen molar-refractivity contribution in [3.05, 3.63) is 87.2 Å². The molecule has 0 aliphatic heterocycles. The number of aryl methyl sites for hydroxylation is 1. The minimum absolute atomic E-state index is 0.0286. The highest BCUT2D eigenvalue weighted by Gasteiger charge is 2.35. The van der Waals surface area contributed by atoms with Crippen LogP contribution in [0.5, 0.6) is 5.75 Å². The Hall–Kier alpha value is -4.93. The third-order valence-electron chi connectivity index (χ3n) is 6.03. The van der Waals surface area contributed by atoms with E-state index < -0.39 is 46.5 Å². The van der Waals surface area contributed by atoms with Crippen LogP contribution in [-0.4, -0.2) is 35.5 Å². The summed E-state index contributed by atoms with van der Waals surface area (Å²) in [5.74, 6) is -3.38. The predicted molar refractivity (Wildman–Crippen MR) is 125 cm³/mol. The molecule has 0 bridgehead atoms. The van der Waals surface area contributed by atoms with Crippen LogP contribution in [0.2, 0.25) is 0 Å². The summed E-state index contributed by atoms with van der Waals surface area (Å²) in [5, 5.41) is 30.1. The van der Waals surface area contributed by atoms with Crippen molar-refractivity contribution in [2.45, 2.75) is 24.9 Å². The Morgan fingerprint density at radius 3 is 2.58 bits per heavy atom. The molecule has 1 amide bonds. The van der Waals surface area contributed by atoms with Crippen molar-refractivity contribution in [3.63, 3.8) is 0 Å². The molecule has 3 heterocycles. The summed E-state index contributed by atoms with van der Waals surface area (Å²) in [5.41, 5.74) is -1.80. The molecule has 2 atom stereocenters. The molecule has 0 spiro atoms. The fourth-order valence-electron chi connectivity index (χ4n) is 4.22. The molecule has 0 radical (unpaired) electrons. The number of hydrogen-bond acceptors (Lipinski definition) is 8. The molecule has 0 unspecified atom stereocenters. The summed E-state index contributed by atoms with van der Waals surface area (Å²) in [4.78, 5) is 29.9. The lowest BCUT2D eigenvalue weighted by molar-refractivity contribution is -0.137. The van der Waals surface area contributed by atoms with E-state index in [1.165, 1.54) is 30.2 Å². The third kappa shape index (κ3) is 4.85. The summed E-state index contributed by atoms with van der Waals surface area (Å²) in [6.07, 6.45) is 0.781. The Kier molecular flexibility index (Phi) is 6.77. The van der Waals surface area contributed by atoms with Crippen molar-refractivity contribution in [1.82, 2.24) is 24.5 Å². The van der Waals surface area contributed by atoms with E-state index >= 15 is 0 Å². The van der Waals surface area contributed by atoms with Gasteiger partial charge in [0, 0.05) is 32.1 Å². The first kappa shape index (κ1) is 26.1. The van der Waals surface area contributed by atoms with Crippen molar-refractivity contribution in [2.24, 2.45) is 14.1 Å². The lowest BCUT2D eigenvalue weighted by atomic mass is 9.80. The van der Waals surface area contributed by atoms with Crippen molar-refractivity contribution in [2.75, 3.05) is 5.32 Å². The van der Waals surface area contributed by atoms with Gasteiger partial charge in [0.1, 0.15) is 17.8 Å². The molecule has 0 fully saturated rings. The number of anilines is 1. The van der Waals surface area contributed by atoms with Crippen LogP contribution < -0.4 is 10.9 Å². The second kappa shape index (κ2) is 9.85. The van der Waals surface area contributed by atoms with Crippen molar-refractivity contribution >= 4 is 11.6 Å². The monoisotopic (exact) mass is 527 g/mol. The van der Waals surface area contributed by atoms with Crippen LogP contribution in [-0.2, 0) is 20.3 Å². The maximum atomic E-state index is 13.3. The van der Waals surface area contributed by atoms with Gasteiger partial charge < -0.3 is 14.9 Å². The molecule has 11 nitrogen and oxygen atoms in total. The average Bonchev–Trinajstić information content (AvgIpc) is 3.54. The van der Waals surface area contributed by atoms with Gasteiger partial charge in [0.05, 0.1) is 29.6 Å². The van der Waals surface area contributed by atoms with Gasteiger partial charge in [0.2, 0.25) is 5.75 Å². The number of aromatic nitrogens is 5. The summed E-state index contributed by atoms with van der Waals surface area (Å²) in [7, 11) is 2.98. The van der Waals surface area contributed by atoms with E-state index in [9.17, 15) is 33.1 Å². The van der Waals surface area contributed by atoms with Crippen LogP contribution in [0.1, 0.15) is 57.3 Å². The second-order valence-corrected chi connectivity index (χ2v) is 8.52. The number of hydrogen-bond donors (Lipinski definition) is 2. The normalized spacial score (nSPS) is 13.1. The zero-order valence-corrected chi connectivity index (χ0v) is 20.2. The predicted octanol–water partition coefficient (Wildman–Crippen LogP) is 3.29. The summed E-state index contributed by atoms with van der Waals surface area (Å²) >= 11 is 0. The number of aromatic hydroxyl groups is 1. The number of nitriles is 1. The minimum Gasteiger partial charge on any atom is -0.501 e. The molecule has 196 valence electrons. The van der Waals surface area contributed by atoms with Gasteiger partial charge in [-0.1, -0.05) is 18.1 Å². The number of nitrogens with zero attached hydrogens (tertiary/aromatic N) is 6. The SMILES string of the molecule is C[C@H](c1nc(C(=O)Nc2cnoc2)c(O)c(=O)n1C)[C@H](c1cnn(C)c1)c1ccc(C(F)(F)F)cc1C#N. The molecular weight excluding hydrogens is 507 g/mol. The summed E-state index contributed by atoms with van der Waals surface area (Å²) in [6.45, 7) is 1.64. The molecule has 0 aliphatic carbocycles. The first-order chi connectivity index (χ1) is 17.9. The molecule has 4 aromatic rings. The van der Waals surface area contributed by atoms with Crippen LogP contribution in [0.25, 0.3) is 0 Å². The van der Waals surface area contributed by atoms with Gasteiger partial charge in [0.15, 0.2) is 5.69 Å². The molecule has 3 aromatic heterocycles. The molecule has 14 heteroatoms. The Morgan fingerprint density at radius 2 is 2.00 bits per heavy atom. The molecule has 1 aromatic carbocycles. The van der Waals surface area contributed by atoms with Crippen LogP contribution >= 0.6 is 0 Å². The topological polar surface area (TPSA) is 152 Å². The van der Waals surface area contributed by atoms with Gasteiger partial charge in [-0.25, -0.2) is 4.98 Å². The zero-order valence-electron chi connectivity index (χ0n) is 20.2. The van der Waals surface area contributed by atoms with Crippen LogP contribution in [0.3, 0.4) is 0 Å². The van der Waals surface area contributed by atoms with Gasteiger partial charge in [0.25, 0.3) is 11.5 Å². The van der Waals surface area contributed by atoms with E-state index in [2.05, 4.69) is 25.1 Å². The molecular formula is C24H20F3N7O4. The molecule has 0 saturated carbocycles. The van der Waals surface area contributed by atoms with Crippen molar-refractivity contribution in [1.29, 1.82) is 5.26 Å². The van der Waals surface area contributed by atoms with Crippen LogP contribution in [0.15, 0.2) is 52.4 Å². The third-order valence-corrected chi connectivity index (χ3v) is 6.03. The first-order valence-corrected chi connectivity index (χ1v) is 11.0. The Bertz CT molecular complexity index is 1600. The molecule has 4 rings (SSSR count). The Balaban J connectivity index is 1.87. The highest BCUT2D eigenvalue weighted by molar-refractivity contribution is 6.04. The smallest absolute Gasteiger partial charge is 0.416 e. The number of carbonyl (C=O) groups excluding carboxylic acids is 1. The Labute approximate surface area is 212 Å². The Morgan fingerprint density at radius 1 is 1.26 bits per heavy atom. The quantitative estimate of drug-likeness (QED) is 0.388. The summed E-state index contributed by atoms with van der Waals surface area (Å²) in [6, 6.07) is 4.65. The van der Waals surface area contributed by atoms with Gasteiger partial charge in [-0.15, -0.1) is 0 Å². The number of rotatable bonds is 6. The molecule has 2 N–H and O–H groups in total. The zero-order chi connectivity index (χ0) is 27.8. The van der Waals surface area contributed by atoms with E-state index in [0.717, 1.165) is 23.0 Å². The summed E-state index contributed by atoms with van der Waals surface area (Å²) < 4.78 is 47.2. The van der Waals surface area contributed by atoms with Gasteiger partial charge in [-0.3, -0.25) is 18.8 Å². The van der Waals surface area contributed by atoms with E-state index in [0.29, 0.717) is 5.56 Å². The van der Waals surface area contributed by atoms with E-state index in [4.69, 9.17) is 0 Å². The van der Waals surface area contributed by atoms with Crippen LogP contribution in [0.4, 0.5) is 18.9 Å².